The van der Waals surface area contributed by atoms with E-state index in [-0.39, 0.29) is 11.4 Å². The van der Waals surface area contributed by atoms with Crippen LogP contribution in [0.4, 0.5) is 10.2 Å². The standard InChI is InChI=1S/C12H12FN3OS/c1-14-11-10(13)9(2-4-15-11)12(17)16-6-8-3-5-18-7-8/h2-5,7H,6H2,1H3,(H,14,15)(H,16,17). The van der Waals surface area contributed by atoms with E-state index in [0.717, 1.165) is 5.56 Å². The van der Waals surface area contributed by atoms with Crippen molar-refractivity contribution in [1.29, 1.82) is 0 Å². The molecule has 0 aliphatic carbocycles. The lowest BCUT2D eigenvalue weighted by molar-refractivity contribution is 0.0947. The minimum Gasteiger partial charge on any atom is -0.371 e. The average molecular weight is 265 g/mol. The van der Waals surface area contributed by atoms with Gasteiger partial charge in [-0.1, -0.05) is 0 Å². The minimum atomic E-state index is -0.636. The van der Waals surface area contributed by atoms with Crippen LogP contribution in [0.15, 0.2) is 29.1 Å². The number of carbonyl (C=O) groups excluding carboxylic acids is 1. The first-order chi connectivity index (χ1) is 8.72. The van der Waals surface area contributed by atoms with Crippen LogP contribution in [-0.2, 0) is 6.54 Å². The maximum Gasteiger partial charge on any atom is 0.254 e. The quantitative estimate of drug-likeness (QED) is 0.891. The summed E-state index contributed by atoms with van der Waals surface area (Å²) in [4.78, 5) is 15.6. The van der Waals surface area contributed by atoms with Crippen molar-refractivity contribution in [1.82, 2.24) is 10.3 Å². The summed E-state index contributed by atoms with van der Waals surface area (Å²) in [6.45, 7) is 0.388. The fourth-order valence-corrected chi connectivity index (χ4v) is 2.13. The highest BCUT2D eigenvalue weighted by atomic mass is 32.1. The molecule has 0 aliphatic rings. The van der Waals surface area contributed by atoms with E-state index in [9.17, 15) is 9.18 Å². The highest BCUT2D eigenvalue weighted by molar-refractivity contribution is 7.07. The lowest BCUT2D eigenvalue weighted by Crippen LogP contribution is -2.24. The molecule has 2 N–H and O–H groups in total. The Balaban J connectivity index is 2.09. The van der Waals surface area contributed by atoms with Crippen LogP contribution in [0.1, 0.15) is 15.9 Å². The molecule has 0 unspecified atom stereocenters. The number of hydrogen-bond donors (Lipinski definition) is 2. The number of nitrogens with one attached hydrogen (secondary N) is 2. The van der Waals surface area contributed by atoms with Gasteiger partial charge in [-0.15, -0.1) is 0 Å². The van der Waals surface area contributed by atoms with Crippen LogP contribution >= 0.6 is 11.3 Å². The van der Waals surface area contributed by atoms with Crippen LogP contribution in [0.25, 0.3) is 0 Å². The van der Waals surface area contributed by atoms with Crippen molar-refractivity contribution < 1.29 is 9.18 Å². The summed E-state index contributed by atoms with van der Waals surface area (Å²) < 4.78 is 13.8. The summed E-state index contributed by atoms with van der Waals surface area (Å²) >= 11 is 1.55. The molecule has 0 aromatic carbocycles. The van der Waals surface area contributed by atoms with Crippen LogP contribution in [0.5, 0.6) is 0 Å². The Bertz CT molecular complexity index is 542. The summed E-state index contributed by atoms with van der Waals surface area (Å²) in [6.07, 6.45) is 1.40. The van der Waals surface area contributed by atoms with Gasteiger partial charge in [-0.3, -0.25) is 4.79 Å². The molecule has 0 saturated carbocycles. The molecule has 2 aromatic heterocycles. The Morgan fingerprint density at radius 3 is 3.00 bits per heavy atom. The Morgan fingerprint density at radius 2 is 2.33 bits per heavy atom. The van der Waals surface area contributed by atoms with E-state index in [0.29, 0.717) is 6.54 Å². The molecule has 2 heterocycles. The second kappa shape index (κ2) is 5.59. The molecule has 6 heteroatoms. The number of halogens is 1. The van der Waals surface area contributed by atoms with Gasteiger partial charge in [0.1, 0.15) is 0 Å². The third-order valence-electron chi connectivity index (χ3n) is 2.40. The van der Waals surface area contributed by atoms with Gasteiger partial charge in [0.2, 0.25) is 0 Å². The molecule has 18 heavy (non-hydrogen) atoms. The van der Waals surface area contributed by atoms with Crippen LogP contribution in [-0.4, -0.2) is 17.9 Å². The first kappa shape index (κ1) is 12.5. The maximum absolute atomic E-state index is 13.8. The Labute approximate surface area is 108 Å². The van der Waals surface area contributed by atoms with Crippen molar-refractivity contribution in [3.05, 3.63) is 46.0 Å². The molecule has 2 aromatic rings. The molecular weight excluding hydrogens is 253 g/mol. The number of anilines is 1. The van der Waals surface area contributed by atoms with Crippen molar-refractivity contribution in [2.45, 2.75) is 6.54 Å². The zero-order chi connectivity index (χ0) is 13.0. The topological polar surface area (TPSA) is 54.0 Å². The Morgan fingerprint density at radius 1 is 1.50 bits per heavy atom. The molecule has 0 fully saturated rings. The van der Waals surface area contributed by atoms with Gasteiger partial charge in [0.25, 0.3) is 5.91 Å². The molecule has 2 rings (SSSR count). The largest absolute Gasteiger partial charge is 0.371 e. The molecule has 0 atom stereocenters. The lowest BCUT2D eigenvalue weighted by Gasteiger charge is -2.07. The molecule has 1 amide bonds. The molecule has 94 valence electrons. The van der Waals surface area contributed by atoms with Crippen molar-refractivity contribution in [3.63, 3.8) is 0 Å². The number of aromatic nitrogens is 1. The van der Waals surface area contributed by atoms with Gasteiger partial charge in [0, 0.05) is 19.8 Å². The number of thiophene rings is 1. The summed E-state index contributed by atoms with van der Waals surface area (Å²) in [6, 6.07) is 3.27. The van der Waals surface area contributed by atoms with E-state index in [1.165, 1.54) is 12.3 Å². The molecular formula is C12H12FN3OS. The SMILES string of the molecule is CNc1nccc(C(=O)NCc2ccsc2)c1F. The zero-order valence-corrected chi connectivity index (χ0v) is 10.6. The zero-order valence-electron chi connectivity index (χ0n) is 9.74. The molecule has 0 saturated heterocycles. The smallest absolute Gasteiger partial charge is 0.254 e. The van der Waals surface area contributed by atoms with Crippen LogP contribution < -0.4 is 10.6 Å². The van der Waals surface area contributed by atoms with Crippen molar-refractivity contribution in [2.75, 3.05) is 12.4 Å². The summed E-state index contributed by atoms with van der Waals surface area (Å²) in [7, 11) is 1.55. The first-order valence-electron chi connectivity index (χ1n) is 5.34. The predicted molar refractivity (Wildman–Crippen MR) is 69.2 cm³/mol. The highest BCUT2D eigenvalue weighted by Crippen LogP contribution is 2.14. The van der Waals surface area contributed by atoms with E-state index in [2.05, 4.69) is 15.6 Å². The van der Waals surface area contributed by atoms with Gasteiger partial charge in [-0.05, 0) is 28.5 Å². The Hall–Kier alpha value is -1.95. The number of amides is 1. The van der Waals surface area contributed by atoms with Crippen molar-refractivity contribution in [3.8, 4) is 0 Å². The van der Waals surface area contributed by atoms with E-state index >= 15 is 0 Å². The van der Waals surface area contributed by atoms with Crippen LogP contribution in [0.3, 0.4) is 0 Å². The molecule has 0 aliphatic heterocycles. The van der Waals surface area contributed by atoms with Gasteiger partial charge in [0.05, 0.1) is 5.56 Å². The lowest BCUT2D eigenvalue weighted by atomic mass is 10.2. The molecule has 0 bridgehead atoms. The monoisotopic (exact) mass is 265 g/mol. The average Bonchev–Trinajstić information content (AvgIpc) is 2.89. The number of pyridine rings is 1. The number of carbonyl (C=O) groups is 1. The first-order valence-corrected chi connectivity index (χ1v) is 6.28. The van der Waals surface area contributed by atoms with Gasteiger partial charge >= 0.3 is 0 Å². The second-order valence-corrected chi connectivity index (χ2v) is 4.37. The summed E-state index contributed by atoms with van der Waals surface area (Å²) in [5.74, 6) is -1.02. The molecule has 4 nitrogen and oxygen atoms in total. The molecule has 0 spiro atoms. The van der Waals surface area contributed by atoms with Crippen LogP contribution in [0, 0.1) is 5.82 Å². The van der Waals surface area contributed by atoms with E-state index < -0.39 is 11.7 Å². The number of nitrogens with zero attached hydrogens (tertiary/aromatic N) is 1. The fourth-order valence-electron chi connectivity index (χ4n) is 1.46. The third-order valence-corrected chi connectivity index (χ3v) is 3.14. The highest BCUT2D eigenvalue weighted by Gasteiger charge is 2.14. The third kappa shape index (κ3) is 2.65. The predicted octanol–water partition coefficient (Wildman–Crippen LogP) is 2.25. The maximum atomic E-state index is 13.8. The fraction of sp³-hybridized carbons (Fsp3) is 0.167. The van der Waals surface area contributed by atoms with Crippen LogP contribution in [0.2, 0.25) is 0 Å². The summed E-state index contributed by atoms with van der Waals surface area (Å²) in [5, 5.41) is 9.12. The number of rotatable bonds is 4. The number of hydrogen-bond acceptors (Lipinski definition) is 4. The van der Waals surface area contributed by atoms with Gasteiger partial charge in [0.15, 0.2) is 11.6 Å². The van der Waals surface area contributed by atoms with Gasteiger partial charge in [-0.2, -0.15) is 11.3 Å². The summed E-state index contributed by atoms with van der Waals surface area (Å²) in [5.41, 5.74) is 0.987. The molecule has 0 radical (unpaired) electrons. The van der Waals surface area contributed by atoms with Crippen molar-refractivity contribution in [2.24, 2.45) is 0 Å². The van der Waals surface area contributed by atoms with Crippen molar-refractivity contribution >= 4 is 23.1 Å². The normalized spacial score (nSPS) is 10.1. The second-order valence-electron chi connectivity index (χ2n) is 3.59. The minimum absolute atomic E-state index is 0.00965. The van der Waals surface area contributed by atoms with E-state index in [1.807, 2.05) is 16.8 Å². The van der Waals surface area contributed by atoms with Gasteiger partial charge < -0.3 is 10.6 Å². The van der Waals surface area contributed by atoms with E-state index in [4.69, 9.17) is 0 Å². The Kier molecular flexibility index (Phi) is 3.88. The van der Waals surface area contributed by atoms with E-state index in [1.54, 1.807) is 18.4 Å². The van der Waals surface area contributed by atoms with Gasteiger partial charge in [-0.25, -0.2) is 9.37 Å².